The minimum atomic E-state index is -0.108. The maximum Gasteiger partial charge on any atom is 0.226 e. The number of anilines is 1. The Morgan fingerprint density at radius 1 is 1.17 bits per heavy atom. The summed E-state index contributed by atoms with van der Waals surface area (Å²) < 4.78 is 0. The van der Waals surface area contributed by atoms with Crippen molar-refractivity contribution in [3.8, 4) is 0 Å². The largest absolute Gasteiger partial charge is 0.337 e. The molecule has 2 aromatic rings. The summed E-state index contributed by atoms with van der Waals surface area (Å²) >= 11 is 0. The van der Waals surface area contributed by atoms with Crippen LogP contribution in [0.25, 0.3) is 0 Å². The lowest BCUT2D eigenvalue weighted by Gasteiger charge is -2.20. The van der Waals surface area contributed by atoms with E-state index in [0.717, 1.165) is 16.9 Å². The van der Waals surface area contributed by atoms with Crippen molar-refractivity contribution in [3.05, 3.63) is 59.9 Å². The zero-order chi connectivity index (χ0) is 16.7. The molecule has 0 atom stereocenters. The number of hydrogen-bond acceptors (Lipinski definition) is 3. The summed E-state index contributed by atoms with van der Waals surface area (Å²) in [6, 6.07) is 13.2. The molecule has 1 N–H and O–H groups in total. The first kappa shape index (κ1) is 16.7. The molecule has 0 saturated carbocycles. The van der Waals surface area contributed by atoms with E-state index in [9.17, 15) is 9.59 Å². The highest BCUT2D eigenvalue weighted by Crippen LogP contribution is 2.10. The Bertz CT molecular complexity index is 671. The topological polar surface area (TPSA) is 62.3 Å². The number of benzene rings is 1. The summed E-state index contributed by atoms with van der Waals surface area (Å²) in [5.74, 6) is -0.179. The molecule has 1 aromatic heterocycles. The zero-order valence-corrected chi connectivity index (χ0v) is 13.5. The highest BCUT2D eigenvalue weighted by atomic mass is 16.2. The molecule has 5 heteroatoms. The normalized spacial score (nSPS) is 10.2. The number of aromatic nitrogens is 1. The lowest BCUT2D eigenvalue weighted by atomic mass is 10.2. The van der Waals surface area contributed by atoms with Gasteiger partial charge in [-0.1, -0.05) is 18.2 Å². The highest BCUT2D eigenvalue weighted by Gasteiger charge is 2.12. The third-order valence-corrected chi connectivity index (χ3v) is 3.43. The second kappa shape index (κ2) is 8.08. The van der Waals surface area contributed by atoms with Crippen LogP contribution in [-0.4, -0.2) is 28.2 Å². The van der Waals surface area contributed by atoms with Gasteiger partial charge >= 0.3 is 0 Å². The van der Waals surface area contributed by atoms with Gasteiger partial charge in [0.1, 0.15) is 0 Å². The molecular weight excluding hydrogens is 290 g/mol. The fraction of sp³-hybridized carbons (Fsp3) is 0.278. The Labute approximate surface area is 136 Å². The lowest BCUT2D eigenvalue weighted by Crippen LogP contribution is -2.31. The van der Waals surface area contributed by atoms with Gasteiger partial charge in [-0.2, -0.15) is 0 Å². The van der Waals surface area contributed by atoms with Crippen molar-refractivity contribution in [1.29, 1.82) is 0 Å². The molecule has 0 unspecified atom stereocenters. The van der Waals surface area contributed by atoms with Crippen molar-refractivity contribution in [2.24, 2.45) is 0 Å². The van der Waals surface area contributed by atoms with Crippen LogP contribution < -0.4 is 5.32 Å². The second-order valence-corrected chi connectivity index (χ2v) is 5.43. The van der Waals surface area contributed by atoms with Crippen LogP contribution in [0.2, 0.25) is 0 Å². The quantitative estimate of drug-likeness (QED) is 0.892. The first-order valence-electron chi connectivity index (χ1n) is 7.56. The predicted molar refractivity (Wildman–Crippen MR) is 89.8 cm³/mol. The van der Waals surface area contributed by atoms with Gasteiger partial charge in [-0.3, -0.25) is 14.6 Å². The Hall–Kier alpha value is -2.69. The van der Waals surface area contributed by atoms with E-state index in [1.165, 1.54) is 6.92 Å². The molecule has 1 aromatic carbocycles. The van der Waals surface area contributed by atoms with E-state index >= 15 is 0 Å². The average molecular weight is 311 g/mol. The van der Waals surface area contributed by atoms with Crippen molar-refractivity contribution in [2.45, 2.75) is 26.8 Å². The number of amides is 2. The molecule has 5 nitrogen and oxygen atoms in total. The number of aryl methyl sites for hydroxylation is 1. The third kappa shape index (κ3) is 5.54. The molecule has 0 aliphatic heterocycles. The highest BCUT2D eigenvalue weighted by molar-refractivity contribution is 5.91. The summed E-state index contributed by atoms with van der Waals surface area (Å²) in [7, 11) is 0. The summed E-state index contributed by atoms with van der Waals surface area (Å²) in [4.78, 5) is 29.6. The molecule has 2 amide bonds. The molecule has 0 radical (unpaired) electrons. The van der Waals surface area contributed by atoms with Crippen molar-refractivity contribution in [1.82, 2.24) is 9.88 Å². The molecule has 0 aliphatic carbocycles. The molecule has 0 aliphatic rings. The lowest BCUT2D eigenvalue weighted by molar-refractivity contribution is -0.130. The molecule has 2 rings (SSSR count). The smallest absolute Gasteiger partial charge is 0.226 e. The second-order valence-electron chi connectivity index (χ2n) is 5.43. The minimum absolute atomic E-state index is 0.0704. The monoisotopic (exact) mass is 311 g/mol. The molecule has 0 saturated heterocycles. The Kier molecular flexibility index (Phi) is 5.86. The standard InChI is InChI=1S/C18H21N3O2/c1-14-6-5-8-16(12-14)20-18(23)9-11-21(15(2)22)13-17-7-3-4-10-19-17/h3-8,10,12H,9,11,13H2,1-2H3,(H,20,23). The van der Waals surface area contributed by atoms with E-state index < -0.39 is 0 Å². The van der Waals surface area contributed by atoms with Gasteiger partial charge in [0.05, 0.1) is 12.2 Å². The third-order valence-electron chi connectivity index (χ3n) is 3.43. The fourth-order valence-electron chi connectivity index (χ4n) is 2.22. The Balaban J connectivity index is 1.88. The molecule has 0 bridgehead atoms. The summed E-state index contributed by atoms with van der Waals surface area (Å²) in [6.45, 7) is 4.25. The first-order valence-corrected chi connectivity index (χ1v) is 7.56. The van der Waals surface area contributed by atoms with Gasteiger partial charge in [-0.05, 0) is 36.8 Å². The molecular formula is C18H21N3O2. The maximum absolute atomic E-state index is 12.0. The maximum atomic E-state index is 12.0. The SMILES string of the molecule is CC(=O)N(CCC(=O)Nc1cccc(C)c1)Cc1ccccn1. The molecule has 0 fully saturated rings. The van der Waals surface area contributed by atoms with Crippen LogP contribution >= 0.6 is 0 Å². The molecule has 1 heterocycles. The van der Waals surface area contributed by atoms with E-state index in [2.05, 4.69) is 10.3 Å². The summed E-state index contributed by atoms with van der Waals surface area (Å²) in [5, 5.41) is 2.85. The number of hydrogen-bond donors (Lipinski definition) is 1. The molecule has 23 heavy (non-hydrogen) atoms. The Morgan fingerprint density at radius 2 is 2.00 bits per heavy atom. The van der Waals surface area contributed by atoms with E-state index in [0.29, 0.717) is 13.1 Å². The van der Waals surface area contributed by atoms with Crippen LogP contribution in [0.3, 0.4) is 0 Å². The summed E-state index contributed by atoms with van der Waals surface area (Å²) in [6.07, 6.45) is 1.94. The van der Waals surface area contributed by atoms with Crippen LogP contribution in [0, 0.1) is 6.92 Å². The first-order chi connectivity index (χ1) is 11.0. The van der Waals surface area contributed by atoms with Crippen molar-refractivity contribution >= 4 is 17.5 Å². The van der Waals surface area contributed by atoms with Gasteiger partial charge in [0.25, 0.3) is 0 Å². The van der Waals surface area contributed by atoms with Crippen LogP contribution in [0.4, 0.5) is 5.69 Å². The number of pyridine rings is 1. The van der Waals surface area contributed by atoms with Crippen LogP contribution in [-0.2, 0) is 16.1 Å². The fourth-order valence-corrected chi connectivity index (χ4v) is 2.22. The van der Waals surface area contributed by atoms with Gasteiger partial charge in [0.2, 0.25) is 11.8 Å². The average Bonchev–Trinajstić information content (AvgIpc) is 2.52. The van der Waals surface area contributed by atoms with Gasteiger partial charge < -0.3 is 10.2 Å². The van der Waals surface area contributed by atoms with Crippen molar-refractivity contribution < 1.29 is 9.59 Å². The van der Waals surface area contributed by atoms with Gasteiger partial charge in [-0.15, -0.1) is 0 Å². The molecule has 120 valence electrons. The number of nitrogens with zero attached hydrogens (tertiary/aromatic N) is 2. The van der Waals surface area contributed by atoms with Crippen LogP contribution in [0.1, 0.15) is 24.6 Å². The van der Waals surface area contributed by atoms with E-state index in [4.69, 9.17) is 0 Å². The molecule has 0 spiro atoms. The van der Waals surface area contributed by atoms with Crippen LogP contribution in [0.15, 0.2) is 48.7 Å². The summed E-state index contributed by atoms with van der Waals surface area (Å²) in [5.41, 5.74) is 2.67. The van der Waals surface area contributed by atoms with Crippen molar-refractivity contribution in [2.75, 3.05) is 11.9 Å². The minimum Gasteiger partial charge on any atom is -0.337 e. The number of carbonyl (C=O) groups is 2. The van der Waals surface area contributed by atoms with Crippen LogP contribution in [0.5, 0.6) is 0 Å². The van der Waals surface area contributed by atoms with E-state index in [1.807, 2.05) is 49.4 Å². The predicted octanol–water partition coefficient (Wildman–Crippen LogP) is 2.77. The van der Waals surface area contributed by atoms with E-state index in [-0.39, 0.29) is 18.2 Å². The Morgan fingerprint density at radius 3 is 2.65 bits per heavy atom. The van der Waals surface area contributed by atoms with Crippen molar-refractivity contribution in [3.63, 3.8) is 0 Å². The number of nitrogens with one attached hydrogen (secondary N) is 1. The number of rotatable bonds is 6. The van der Waals surface area contributed by atoms with Gasteiger partial charge in [0, 0.05) is 31.8 Å². The van der Waals surface area contributed by atoms with Gasteiger partial charge in [0.15, 0.2) is 0 Å². The van der Waals surface area contributed by atoms with E-state index in [1.54, 1.807) is 11.1 Å². The zero-order valence-electron chi connectivity index (χ0n) is 13.5. The number of carbonyl (C=O) groups excluding carboxylic acids is 2. The van der Waals surface area contributed by atoms with Gasteiger partial charge in [-0.25, -0.2) is 0 Å².